The molecule has 0 atom stereocenters. The average molecular weight is 394 g/mol. The molecule has 4 nitrogen and oxygen atoms in total. The summed E-state index contributed by atoms with van der Waals surface area (Å²) in [6, 6.07) is 18.1. The van der Waals surface area contributed by atoms with Crippen molar-refractivity contribution in [3.05, 3.63) is 76.2 Å². The van der Waals surface area contributed by atoms with Crippen molar-refractivity contribution < 1.29 is 14.3 Å². The number of fused-ring (bicyclic) bond motifs is 3. The first kappa shape index (κ1) is 18.7. The van der Waals surface area contributed by atoms with Gasteiger partial charge in [-0.05, 0) is 43.2 Å². The molecule has 0 bridgehead atoms. The Bertz CT molecular complexity index is 976. The molecule has 0 unspecified atom stereocenters. The van der Waals surface area contributed by atoms with Gasteiger partial charge in [-0.1, -0.05) is 36.4 Å². The second-order valence-electron chi connectivity index (χ2n) is 7.11. The lowest BCUT2D eigenvalue weighted by atomic mass is 10.1. The minimum Gasteiger partial charge on any atom is -0.488 e. The van der Waals surface area contributed by atoms with Crippen LogP contribution in [0.5, 0.6) is 5.75 Å². The van der Waals surface area contributed by atoms with E-state index in [-0.39, 0.29) is 12.0 Å². The van der Waals surface area contributed by atoms with Crippen molar-refractivity contribution in [1.82, 2.24) is 5.32 Å². The summed E-state index contributed by atoms with van der Waals surface area (Å²) < 4.78 is 11.4. The molecule has 1 aromatic heterocycles. The molecule has 0 aliphatic carbocycles. The first-order chi connectivity index (χ1) is 13.6. The molecule has 4 rings (SSSR count). The van der Waals surface area contributed by atoms with Gasteiger partial charge >= 0.3 is 0 Å². The summed E-state index contributed by atoms with van der Waals surface area (Å²) in [5.74, 6) is 0.828. The number of carbonyl (C=O) groups is 1. The Morgan fingerprint density at radius 2 is 1.89 bits per heavy atom. The number of ether oxygens (including phenoxy) is 2. The van der Waals surface area contributed by atoms with Crippen molar-refractivity contribution in [2.24, 2.45) is 0 Å². The molecule has 2 aromatic carbocycles. The molecule has 0 saturated carbocycles. The van der Waals surface area contributed by atoms with Crippen molar-refractivity contribution in [3.8, 4) is 16.2 Å². The maximum absolute atomic E-state index is 12.6. The van der Waals surface area contributed by atoms with E-state index in [1.165, 1.54) is 11.3 Å². The standard InChI is InChI=1S/C23H23NO3S/c1-15(2)26-13-17-9-7-16(8-10-17)12-24-23(25)21-11-18-14-27-20-6-4-3-5-19(20)22(18)28-21/h3-11,15H,12-14H2,1-2H3,(H,24,25). The maximum atomic E-state index is 12.6. The van der Waals surface area contributed by atoms with Crippen LogP contribution in [-0.2, 0) is 24.5 Å². The zero-order valence-corrected chi connectivity index (χ0v) is 16.8. The molecule has 28 heavy (non-hydrogen) atoms. The second kappa shape index (κ2) is 8.17. The van der Waals surface area contributed by atoms with Crippen LogP contribution in [0, 0.1) is 0 Å². The van der Waals surface area contributed by atoms with Gasteiger partial charge in [0.05, 0.1) is 17.6 Å². The van der Waals surface area contributed by atoms with E-state index in [9.17, 15) is 4.79 Å². The fourth-order valence-electron chi connectivity index (χ4n) is 3.10. The van der Waals surface area contributed by atoms with E-state index in [1.54, 1.807) is 0 Å². The summed E-state index contributed by atoms with van der Waals surface area (Å²) in [5, 5.41) is 3.02. The summed E-state index contributed by atoms with van der Waals surface area (Å²) in [4.78, 5) is 14.5. The number of rotatable bonds is 6. The maximum Gasteiger partial charge on any atom is 0.261 e. The SMILES string of the molecule is CC(C)OCc1ccc(CNC(=O)c2cc3c(s2)-c2ccccc2OC3)cc1. The monoisotopic (exact) mass is 393 g/mol. The van der Waals surface area contributed by atoms with Crippen LogP contribution in [0.15, 0.2) is 54.6 Å². The number of nitrogens with one attached hydrogen (secondary N) is 1. The number of para-hydroxylation sites is 1. The Morgan fingerprint density at radius 3 is 2.68 bits per heavy atom. The fourth-order valence-corrected chi connectivity index (χ4v) is 4.21. The van der Waals surface area contributed by atoms with E-state index in [0.717, 1.165) is 32.9 Å². The van der Waals surface area contributed by atoms with Crippen molar-refractivity contribution in [1.29, 1.82) is 0 Å². The number of hydrogen-bond acceptors (Lipinski definition) is 4. The molecule has 3 aromatic rings. The Balaban J connectivity index is 1.39. The third kappa shape index (κ3) is 4.11. The molecule has 0 radical (unpaired) electrons. The topological polar surface area (TPSA) is 47.6 Å². The minimum atomic E-state index is -0.0518. The van der Waals surface area contributed by atoms with Gasteiger partial charge in [0.15, 0.2) is 0 Å². The third-order valence-corrected chi connectivity index (χ3v) is 5.82. The summed E-state index contributed by atoms with van der Waals surface area (Å²) in [7, 11) is 0. The highest BCUT2D eigenvalue weighted by atomic mass is 32.1. The predicted octanol–water partition coefficient (Wildman–Crippen LogP) is 5.16. The van der Waals surface area contributed by atoms with E-state index in [1.807, 2.05) is 68.4 Å². The van der Waals surface area contributed by atoms with E-state index < -0.39 is 0 Å². The lowest BCUT2D eigenvalue weighted by Gasteiger charge is -2.16. The molecule has 1 aliphatic rings. The number of hydrogen-bond donors (Lipinski definition) is 1. The van der Waals surface area contributed by atoms with Crippen LogP contribution >= 0.6 is 11.3 Å². The Morgan fingerprint density at radius 1 is 1.14 bits per heavy atom. The lowest BCUT2D eigenvalue weighted by Crippen LogP contribution is -2.21. The molecule has 1 aliphatic heterocycles. The Hall–Kier alpha value is -2.63. The zero-order valence-electron chi connectivity index (χ0n) is 16.0. The van der Waals surface area contributed by atoms with Gasteiger partial charge in [0.1, 0.15) is 12.4 Å². The largest absolute Gasteiger partial charge is 0.488 e. The van der Waals surface area contributed by atoms with Crippen LogP contribution in [0.3, 0.4) is 0 Å². The number of benzene rings is 2. The summed E-state index contributed by atoms with van der Waals surface area (Å²) in [5.41, 5.74) is 4.33. The molecule has 0 spiro atoms. The van der Waals surface area contributed by atoms with E-state index in [4.69, 9.17) is 9.47 Å². The first-order valence-corrected chi connectivity index (χ1v) is 10.2. The second-order valence-corrected chi connectivity index (χ2v) is 8.16. The van der Waals surface area contributed by atoms with Gasteiger partial charge in [-0.15, -0.1) is 11.3 Å². The van der Waals surface area contributed by atoms with Gasteiger partial charge in [0.25, 0.3) is 5.91 Å². The van der Waals surface area contributed by atoms with Crippen LogP contribution in [-0.4, -0.2) is 12.0 Å². The summed E-state index contributed by atoms with van der Waals surface area (Å²) in [6.45, 7) is 5.67. The fraction of sp³-hybridized carbons (Fsp3) is 0.261. The highest BCUT2D eigenvalue weighted by Gasteiger charge is 2.22. The van der Waals surface area contributed by atoms with E-state index in [2.05, 4.69) is 5.32 Å². The first-order valence-electron chi connectivity index (χ1n) is 9.42. The third-order valence-electron chi connectivity index (χ3n) is 4.61. The van der Waals surface area contributed by atoms with Gasteiger partial charge in [-0.25, -0.2) is 0 Å². The van der Waals surface area contributed by atoms with Crippen molar-refractivity contribution in [2.75, 3.05) is 0 Å². The zero-order chi connectivity index (χ0) is 19.5. The molecule has 0 fully saturated rings. The van der Waals surface area contributed by atoms with Crippen LogP contribution in [0.4, 0.5) is 0 Å². The van der Waals surface area contributed by atoms with Crippen LogP contribution in [0.2, 0.25) is 0 Å². The molecular weight excluding hydrogens is 370 g/mol. The molecule has 144 valence electrons. The molecule has 1 amide bonds. The number of carbonyl (C=O) groups excluding carboxylic acids is 1. The lowest BCUT2D eigenvalue weighted by molar-refractivity contribution is 0.0657. The van der Waals surface area contributed by atoms with E-state index >= 15 is 0 Å². The Kier molecular flexibility index (Phi) is 5.46. The van der Waals surface area contributed by atoms with Crippen LogP contribution in [0.25, 0.3) is 10.4 Å². The summed E-state index contributed by atoms with van der Waals surface area (Å²) in [6.07, 6.45) is 0.216. The molecule has 1 N–H and O–H groups in total. The van der Waals surface area contributed by atoms with Crippen molar-refractivity contribution in [3.63, 3.8) is 0 Å². The van der Waals surface area contributed by atoms with Gasteiger partial charge in [0.2, 0.25) is 0 Å². The van der Waals surface area contributed by atoms with Gasteiger partial charge in [-0.3, -0.25) is 4.79 Å². The molecular formula is C23H23NO3S. The normalized spacial score (nSPS) is 12.2. The molecule has 0 saturated heterocycles. The van der Waals surface area contributed by atoms with Gasteiger partial charge in [0, 0.05) is 22.5 Å². The van der Waals surface area contributed by atoms with Crippen molar-refractivity contribution >= 4 is 17.2 Å². The van der Waals surface area contributed by atoms with Crippen LogP contribution in [0.1, 0.15) is 40.2 Å². The minimum absolute atomic E-state index is 0.0518. The highest BCUT2D eigenvalue weighted by Crippen LogP contribution is 2.42. The predicted molar refractivity (Wildman–Crippen MR) is 112 cm³/mol. The van der Waals surface area contributed by atoms with Gasteiger partial charge in [-0.2, -0.15) is 0 Å². The Labute approximate surface area is 169 Å². The number of thiophene rings is 1. The van der Waals surface area contributed by atoms with Crippen molar-refractivity contribution in [2.45, 2.75) is 39.7 Å². The van der Waals surface area contributed by atoms with E-state index in [0.29, 0.717) is 24.6 Å². The molecule has 2 heterocycles. The smallest absolute Gasteiger partial charge is 0.261 e. The molecule has 5 heteroatoms. The average Bonchev–Trinajstić information content (AvgIpc) is 3.16. The number of amides is 1. The van der Waals surface area contributed by atoms with Crippen LogP contribution < -0.4 is 10.1 Å². The van der Waals surface area contributed by atoms with Gasteiger partial charge < -0.3 is 14.8 Å². The quantitative estimate of drug-likeness (QED) is 0.629. The summed E-state index contributed by atoms with van der Waals surface area (Å²) >= 11 is 1.52. The highest BCUT2D eigenvalue weighted by molar-refractivity contribution is 7.17.